The van der Waals surface area contributed by atoms with Gasteiger partial charge in [0.1, 0.15) is 5.75 Å². The molecule has 0 aliphatic heterocycles. The molecule has 5 aromatic rings. The predicted molar refractivity (Wildman–Crippen MR) is 131 cm³/mol. The van der Waals surface area contributed by atoms with Crippen LogP contribution in [0.3, 0.4) is 0 Å². The molecule has 0 aliphatic rings. The number of aromatic nitrogens is 4. The van der Waals surface area contributed by atoms with E-state index in [2.05, 4.69) is 20.4 Å². The van der Waals surface area contributed by atoms with Gasteiger partial charge in [0.25, 0.3) is 11.5 Å². The molecule has 0 bridgehead atoms. The van der Waals surface area contributed by atoms with Crippen LogP contribution in [0, 0.1) is 6.92 Å². The van der Waals surface area contributed by atoms with Crippen LogP contribution < -0.4 is 20.1 Å². The fourth-order valence-electron chi connectivity index (χ4n) is 3.37. The van der Waals surface area contributed by atoms with E-state index in [1.165, 1.54) is 15.9 Å². The summed E-state index contributed by atoms with van der Waals surface area (Å²) in [4.78, 5) is 34.2. The zero-order valence-electron chi connectivity index (χ0n) is 18.1. The summed E-state index contributed by atoms with van der Waals surface area (Å²) in [5.74, 6) is 0.704. The molecule has 0 spiro atoms. The summed E-state index contributed by atoms with van der Waals surface area (Å²) in [6.07, 6.45) is 5.03. The van der Waals surface area contributed by atoms with Gasteiger partial charge in [0.05, 0.1) is 4.53 Å². The standard InChI is InChI=1S/C25H19N5O3S/c1-16-6-2-4-8-19(16)27-22(31)15-33-20-9-5-3-7-18(20)14-21-24(32)30-25(34-21)28-23(29-30)17-10-12-26-13-11-17/h2-14H,15H2,1H3,(H,27,31)/b21-14-. The number of anilines is 1. The van der Waals surface area contributed by atoms with Crippen molar-refractivity contribution in [3.05, 3.63) is 99.1 Å². The van der Waals surface area contributed by atoms with Crippen LogP contribution in [0.1, 0.15) is 11.1 Å². The lowest BCUT2D eigenvalue weighted by atomic mass is 10.2. The van der Waals surface area contributed by atoms with Gasteiger partial charge in [0.2, 0.25) is 4.96 Å². The Labute approximate surface area is 198 Å². The normalized spacial score (nSPS) is 11.6. The van der Waals surface area contributed by atoms with E-state index >= 15 is 0 Å². The van der Waals surface area contributed by atoms with E-state index in [4.69, 9.17) is 4.74 Å². The lowest BCUT2D eigenvalue weighted by Crippen LogP contribution is -2.24. The number of fused-ring (bicyclic) bond motifs is 1. The molecule has 3 aromatic heterocycles. The highest BCUT2D eigenvalue weighted by Crippen LogP contribution is 2.20. The van der Waals surface area contributed by atoms with Crippen molar-refractivity contribution in [1.29, 1.82) is 0 Å². The number of nitrogens with zero attached hydrogens (tertiary/aromatic N) is 4. The molecule has 1 amide bonds. The molecule has 5 rings (SSSR count). The minimum absolute atomic E-state index is 0.159. The van der Waals surface area contributed by atoms with Crippen molar-refractivity contribution in [3.8, 4) is 17.1 Å². The van der Waals surface area contributed by atoms with E-state index in [1.807, 2.05) is 49.4 Å². The zero-order valence-corrected chi connectivity index (χ0v) is 19.0. The number of pyridine rings is 1. The van der Waals surface area contributed by atoms with Crippen molar-refractivity contribution in [3.63, 3.8) is 0 Å². The maximum atomic E-state index is 12.9. The molecule has 3 heterocycles. The summed E-state index contributed by atoms with van der Waals surface area (Å²) < 4.78 is 7.54. The van der Waals surface area contributed by atoms with Crippen molar-refractivity contribution < 1.29 is 9.53 Å². The van der Waals surface area contributed by atoms with Crippen LogP contribution in [0.15, 0.2) is 77.9 Å². The molecule has 168 valence electrons. The summed E-state index contributed by atoms with van der Waals surface area (Å²) in [6.45, 7) is 1.77. The highest BCUT2D eigenvalue weighted by Gasteiger charge is 2.13. The zero-order chi connectivity index (χ0) is 23.5. The molecule has 0 atom stereocenters. The number of carbonyl (C=O) groups excluding carboxylic acids is 1. The molecular weight excluding hydrogens is 450 g/mol. The fraction of sp³-hybridized carbons (Fsp3) is 0.0800. The largest absolute Gasteiger partial charge is 0.483 e. The summed E-state index contributed by atoms with van der Waals surface area (Å²) in [7, 11) is 0. The number of nitrogens with one attached hydrogen (secondary N) is 1. The number of thiazole rings is 1. The van der Waals surface area contributed by atoms with E-state index in [-0.39, 0.29) is 18.1 Å². The Kier molecular flexibility index (Phi) is 5.84. The van der Waals surface area contributed by atoms with Gasteiger partial charge in [-0.3, -0.25) is 14.6 Å². The smallest absolute Gasteiger partial charge is 0.291 e. The van der Waals surface area contributed by atoms with Crippen LogP contribution in [0.5, 0.6) is 5.75 Å². The molecule has 0 unspecified atom stereocenters. The second-order valence-electron chi connectivity index (χ2n) is 7.47. The average Bonchev–Trinajstić information content (AvgIpc) is 3.40. The van der Waals surface area contributed by atoms with Gasteiger partial charge < -0.3 is 10.1 Å². The Morgan fingerprint density at radius 3 is 2.65 bits per heavy atom. The van der Waals surface area contributed by atoms with Crippen LogP contribution in [0.25, 0.3) is 22.4 Å². The number of aryl methyl sites for hydroxylation is 1. The number of para-hydroxylation sites is 2. The van der Waals surface area contributed by atoms with Crippen molar-refractivity contribution in [2.45, 2.75) is 6.92 Å². The SMILES string of the molecule is Cc1ccccc1NC(=O)COc1ccccc1/C=c1\sc2nc(-c3ccncc3)nn2c1=O. The van der Waals surface area contributed by atoms with Gasteiger partial charge in [-0.25, -0.2) is 0 Å². The summed E-state index contributed by atoms with van der Waals surface area (Å²) in [5.41, 5.74) is 2.92. The topological polar surface area (TPSA) is 98.5 Å². The molecule has 34 heavy (non-hydrogen) atoms. The quantitative estimate of drug-likeness (QED) is 0.410. The van der Waals surface area contributed by atoms with E-state index in [1.54, 1.807) is 36.7 Å². The Morgan fingerprint density at radius 2 is 1.85 bits per heavy atom. The monoisotopic (exact) mass is 469 g/mol. The first-order valence-corrected chi connectivity index (χ1v) is 11.3. The maximum Gasteiger partial charge on any atom is 0.291 e. The first kappa shape index (κ1) is 21.5. The van der Waals surface area contributed by atoms with Gasteiger partial charge >= 0.3 is 0 Å². The third-order valence-electron chi connectivity index (χ3n) is 5.10. The third kappa shape index (κ3) is 4.41. The summed E-state index contributed by atoms with van der Waals surface area (Å²) in [5, 5.41) is 7.19. The van der Waals surface area contributed by atoms with Crippen molar-refractivity contribution in [1.82, 2.24) is 19.6 Å². The summed E-state index contributed by atoms with van der Waals surface area (Å²) >= 11 is 1.24. The molecule has 0 saturated carbocycles. The third-order valence-corrected chi connectivity index (χ3v) is 6.06. The first-order chi connectivity index (χ1) is 16.6. The minimum atomic E-state index is -0.268. The second-order valence-corrected chi connectivity index (χ2v) is 8.48. The van der Waals surface area contributed by atoms with E-state index < -0.39 is 0 Å². The van der Waals surface area contributed by atoms with Crippen LogP contribution in [0.2, 0.25) is 0 Å². The molecule has 8 nitrogen and oxygen atoms in total. The lowest BCUT2D eigenvalue weighted by molar-refractivity contribution is -0.118. The van der Waals surface area contributed by atoms with Crippen molar-refractivity contribution in [2.24, 2.45) is 0 Å². The van der Waals surface area contributed by atoms with Crippen LogP contribution >= 0.6 is 11.3 Å². The molecular formula is C25H19N5O3S. The van der Waals surface area contributed by atoms with Crippen molar-refractivity contribution in [2.75, 3.05) is 11.9 Å². The van der Waals surface area contributed by atoms with Gasteiger partial charge in [-0.1, -0.05) is 47.7 Å². The molecule has 0 radical (unpaired) electrons. The maximum absolute atomic E-state index is 12.9. The van der Waals surface area contributed by atoms with E-state index in [0.717, 1.165) is 16.8 Å². The molecule has 1 N–H and O–H groups in total. The Balaban J connectivity index is 1.38. The number of hydrogen-bond acceptors (Lipinski definition) is 7. The molecule has 0 fully saturated rings. The number of benzene rings is 2. The number of carbonyl (C=O) groups is 1. The van der Waals surface area contributed by atoms with Gasteiger partial charge in [0, 0.05) is 29.2 Å². The first-order valence-electron chi connectivity index (χ1n) is 10.5. The molecule has 0 aliphatic carbocycles. The van der Waals surface area contributed by atoms with E-state index in [0.29, 0.717) is 26.6 Å². The lowest BCUT2D eigenvalue weighted by Gasteiger charge is -2.11. The van der Waals surface area contributed by atoms with Gasteiger partial charge in [-0.2, -0.15) is 9.50 Å². The Hall–Kier alpha value is -4.37. The predicted octanol–water partition coefficient (Wildman–Crippen LogP) is 3.09. The highest BCUT2D eigenvalue weighted by atomic mass is 32.1. The van der Waals surface area contributed by atoms with Crippen LogP contribution in [-0.4, -0.2) is 32.1 Å². The highest BCUT2D eigenvalue weighted by molar-refractivity contribution is 7.15. The second kappa shape index (κ2) is 9.24. The summed E-state index contributed by atoms with van der Waals surface area (Å²) in [6, 6.07) is 18.4. The number of hydrogen-bond donors (Lipinski definition) is 1. The Morgan fingerprint density at radius 1 is 1.09 bits per heavy atom. The van der Waals surface area contributed by atoms with Gasteiger partial charge in [-0.05, 0) is 42.8 Å². The number of amides is 1. The van der Waals surface area contributed by atoms with Gasteiger partial charge in [-0.15, -0.1) is 5.10 Å². The average molecular weight is 470 g/mol. The molecule has 0 saturated heterocycles. The van der Waals surface area contributed by atoms with E-state index in [9.17, 15) is 9.59 Å². The van der Waals surface area contributed by atoms with Gasteiger partial charge in [0.15, 0.2) is 12.4 Å². The molecule has 9 heteroatoms. The van der Waals surface area contributed by atoms with Crippen LogP contribution in [0.4, 0.5) is 5.69 Å². The van der Waals surface area contributed by atoms with Crippen molar-refractivity contribution >= 4 is 34.0 Å². The molecule has 2 aromatic carbocycles. The fourth-order valence-corrected chi connectivity index (χ4v) is 4.27. The minimum Gasteiger partial charge on any atom is -0.483 e. The van der Waals surface area contributed by atoms with Crippen LogP contribution in [-0.2, 0) is 4.79 Å². The number of ether oxygens (including phenoxy) is 1. The Bertz CT molecular complexity index is 1590. The number of rotatable bonds is 6.